The third-order valence-electron chi connectivity index (χ3n) is 2.59. The first kappa shape index (κ1) is 9.72. The van der Waals surface area contributed by atoms with Crippen LogP contribution in [0, 0.1) is 0 Å². The first-order chi connectivity index (χ1) is 6.83. The smallest absolute Gasteiger partial charge is 0.00978 e. The first-order valence-corrected chi connectivity index (χ1v) is 5.98. The molecule has 0 N–H and O–H groups in total. The number of hydrogen-bond acceptors (Lipinski definition) is 0. The lowest BCUT2D eigenvalue weighted by Crippen LogP contribution is -1.94. The molecule has 0 aliphatic carbocycles. The second-order valence-electron chi connectivity index (χ2n) is 3.62. The molecule has 14 heavy (non-hydrogen) atoms. The molecule has 1 atom stereocenters. The van der Waals surface area contributed by atoms with Crippen LogP contribution in [0.25, 0.3) is 10.8 Å². The first-order valence-electron chi connectivity index (χ1n) is 4.86. The van der Waals surface area contributed by atoms with Crippen molar-refractivity contribution in [3.63, 3.8) is 0 Å². The van der Waals surface area contributed by atoms with E-state index in [1.807, 2.05) is 0 Å². The zero-order chi connectivity index (χ0) is 9.97. The maximum absolute atomic E-state index is 3.54. The van der Waals surface area contributed by atoms with Gasteiger partial charge in [-0.25, -0.2) is 0 Å². The van der Waals surface area contributed by atoms with Gasteiger partial charge in [0.25, 0.3) is 0 Å². The van der Waals surface area contributed by atoms with Gasteiger partial charge in [-0.05, 0) is 22.3 Å². The summed E-state index contributed by atoms with van der Waals surface area (Å²) >= 11 is 3.54. The Kier molecular flexibility index (Phi) is 2.87. The van der Waals surface area contributed by atoms with Gasteiger partial charge in [-0.1, -0.05) is 65.3 Å². The highest BCUT2D eigenvalue weighted by Gasteiger charge is 2.06. The molecule has 0 fully saturated rings. The highest BCUT2D eigenvalue weighted by Crippen LogP contribution is 2.26. The van der Waals surface area contributed by atoms with Crippen molar-refractivity contribution in [1.82, 2.24) is 0 Å². The summed E-state index contributed by atoms with van der Waals surface area (Å²) < 4.78 is 0. The molecule has 1 heteroatoms. The lowest BCUT2D eigenvalue weighted by atomic mass is 9.96. The number of halogens is 1. The van der Waals surface area contributed by atoms with Gasteiger partial charge in [-0.2, -0.15) is 0 Å². The number of rotatable bonds is 2. The molecule has 0 bridgehead atoms. The van der Waals surface area contributed by atoms with Gasteiger partial charge in [0.05, 0.1) is 0 Å². The minimum atomic E-state index is 0.570. The van der Waals surface area contributed by atoms with E-state index in [1.54, 1.807) is 0 Å². The maximum atomic E-state index is 3.54. The van der Waals surface area contributed by atoms with Crippen LogP contribution in [0.3, 0.4) is 0 Å². The van der Waals surface area contributed by atoms with Crippen LogP contribution in [0.5, 0.6) is 0 Å². The summed E-state index contributed by atoms with van der Waals surface area (Å²) in [7, 11) is 0. The zero-order valence-electron chi connectivity index (χ0n) is 8.20. The van der Waals surface area contributed by atoms with Gasteiger partial charge in [0.15, 0.2) is 0 Å². The van der Waals surface area contributed by atoms with Crippen molar-refractivity contribution in [1.29, 1.82) is 0 Å². The number of alkyl halides is 1. The standard InChI is InChI=1S/C13H13Br/c1-10(9-14)12-8-4-6-11-5-2-3-7-13(11)12/h2-8,10H,9H2,1H3/t10-/m1/s1. The number of benzene rings is 2. The third kappa shape index (κ3) is 1.69. The minimum absolute atomic E-state index is 0.570. The Morgan fingerprint density at radius 1 is 1.07 bits per heavy atom. The summed E-state index contributed by atoms with van der Waals surface area (Å²) in [5.74, 6) is 0.570. The van der Waals surface area contributed by atoms with Crippen molar-refractivity contribution in [3.8, 4) is 0 Å². The molecule has 0 spiro atoms. The molecule has 0 aliphatic rings. The van der Waals surface area contributed by atoms with Crippen molar-refractivity contribution < 1.29 is 0 Å². The summed E-state index contributed by atoms with van der Waals surface area (Å²) in [6.07, 6.45) is 0. The normalized spacial score (nSPS) is 13.0. The Bertz CT molecular complexity index is 429. The number of hydrogen-bond donors (Lipinski definition) is 0. The molecule has 0 nitrogen and oxygen atoms in total. The van der Waals surface area contributed by atoms with Crippen molar-refractivity contribution in [2.24, 2.45) is 0 Å². The van der Waals surface area contributed by atoms with E-state index in [1.165, 1.54) is 16.3 Å². The fourth-order valence-electron chi connectivity index (χ4n) is 1.76. The molecule has 72 valence electrons. The lowest BCUT2D eigenvalue weighted by Gasteiger charge is -2.11. The van der Waals surface area contributed by atoms with Gasteiger partial charge >= 0.3 is 0 Å². The molecule has 0 saturated heterocycles. The molecule has 0 aromatic heterocycles. The predicted octanol–water partition coefficient (Wildman–Crippen LogP) is 4.34. The van der Waals surface area contributed by atoms with Crippen LogP contribution in [-0.2, 0) is 0 Å². The van der Waals surface area contributed by atoms with Gasteiger partial charge in [0.2, 0.25) is 0 Å². The van der Waals surface area contributed by atoms with Crippen LogP contribution in [0.4, 0.5) is 0 Å². The van der Waals surface area contributed by atoms with E-state index in [2.05, 4.69) is 65.3 Å². The Balaban J connectivity index is 2.65. The molecule has 0 radical (unpaired) electrons. The summed E-state index contributed by atoms with van der Waals surface area (Å²) in [5, 5.41) is 3.72. The summed E-state index contributed by atoms with van der Waals surface area (Å²) in [5.41, 5.74) is 1.43. The second kappa shape index (κ2) is 4.14. The Morgan fingerprint density at radius 3 is 2.57 bits per heavy atom. The van der Waals surface area contributed by atoms with Crippen LogP contribution in [0.15, 0.2) is 42.5 Å². The van der Waals surface area contributed by atoms with E-state index in [4.69, 9.17) is 0 Å². The van der Waals surface area contributed by atoms with Crippen molar-refractivity contribution in [3.05, 3.63) is 48.0 Å². The van der Waals surface area contributed by atoms with Crippen LogP contribution < -0.4 is 0 Å². The lowest BCUT2D eigenvalue weighted by molar-refractivity contribution is 0.898. The van der Waals surface area contributed by atoms with Crippen LogP contribution in [0.2, 0.25) is 0 Å². The van der Waals surface area contributed by atoms with Gasteiger partial charge < -0.3 is 0 Å². The molecular weight excluding hydrogens is 236 g/mol. The second-order valence-corrected chi connectivity index (χ2v) is 4.27. The van der Waals surface area contributed by atoms with Crippen LogP contribution >= 0.6 is 15.9 Å². The molecule has 0 amide bonds. The molecule has 2 aromatic rings. The quantitative estimate of drug-likeness (QED) is 0.694. The SMILES string of the molecule is C[C@H](CBr)c1cccc2ccccc12. The van der Waals surface area contributed by atoms with Crippen LogP contribution in [0.1, 0.15) is 18.4 Å². The van der Waals surface area contributed by atoms with E-state index in [-0.39, 0.29) is 0 Å². The van der Waals surface area contributed by atoms with Crippen molar-refractivity contribution in [2.45, 2.75) is 12.8 Å². The molecule has 0 saturated carbocycles. The van der Waals surface area contributed by atoms with E-state index < -0.39 is 0 Å². The van der Waals surface area contributed by atoms with E-state index in [0.717, 1.165) is 5.33 Å². The molecule has 0 unspecified atom stereocenters. The minimum Gasteiger partial charge on any atom is -0.0922 e. The van der Waals surface area contributed by atoms with Gasteiger partial charge in [-0.3, -0.25) is 0 Å². The van der Waals surface area contributed by atoms with Crippen LogP contribution in [-0.4, -0.2) is 5.33 Å². The number of fused-ring (bicyclic) bond motifs is 1. The summed E-state index contributed by atoms with van der Waals surface area (Å²) in [6, 6.07) is 15.1. The molecular formula is C13H13Br. The summed E-state index contributed by atoms with van der Waals surface area (Å²) in [6.45, 7) is 2.25. The predicted molar refractivity (Wildman–Crippen MR) is 66.2 cm³/mol. The molecule has 0 aliphatic heterocycles. The summed E-state index contributed by atoms with van der Waals surface area (Å²) in [4.78, 5) is 0. The van der Waals surface area contributed by atoms with Gasteiger partial charge in [0.1, 0.15) is 0 Å². The van der Waals surface area contributed by atoms with Crippen molar-refractivity contribution >= 4 is 26.7 Å². The highest BCUT2D eigenvalue weighted by molar-refractivity contribution is 9.09. The largest absolute Gasteiger partial charge is 0.0922 e. The zero-order valence-corrected chi connectivity index (χ0v) is 9.79. The Hall–Kier alpha value is -0.820. The highest BCUT2D eigenvalue weighted by atomic mass is 79.9. The fraction of sp³-hybridized carbons (Fsp3) is 0.231. The Labute approximate surface area is 93.1 Å². The maximum Gasteiger partial charge on any atom is 0.00978 e. The van der Waals surface area contributed by atoms with E-state index in [0.29, 0.717) is 5.92 Å². The average Bonchev–Trinajstić information content (AvgIpc) is 2.27. The fourth-order valence-corrected chi connectivity index (χ4v) is 2.11. The molecule has 2 rings (SSSR count). The Morgan fingerprint density at radius 2 is 1.79 bits per heavy atom. The monoisotopic (exact) mass is 248 g/mol. The average molecular weight is 249 g/mol. The topological polar surface area (TPSA) is 0 Å². The molecule has 2 aromatic carbocycles. The third-order valence-corrected chi connectivity index (χ3v) is 3.56. The van der Waals surface area contributed by atoms with E-state index in [9.17, 15) is 0 Å². The van der Waals surface area contributed by atoms with Gasteiger partial charge in [0, 0.05) is 5.33 Å². The van der Waals surface area contributed by atoms with E-state index >= 15 is 0 Å². The van der Waals surface area contributed by atoms with Crippen molar-refractivity contribution in [2.75, 3.05) is 5.33 Å². The molecule has 0 heterocycles. The van der Waals surface area contributed by atoms with Gasteiger partial charge in [-0.15, -0.1) is 0 Å².